The summed E-state index contributed by atoms with van der Waals surface area (Å²) in [4.78, 5) is 47.2. The summed E-state index contributed by atoms with van der Waals surface area (Å²) in [5, 5.41) is 10.5. The lowest BCUT2D eigenvalue weighted by atomic mass is 10.1. The van der Waals surface area contributed by atoms with Gasteiger partial charge < -0.3 is 65.9 Å². The van der Waals surface area contributed by atoms with Gasteiger partial charge >= 0.3 is 0 Å². The molecule has 2 aliphatic rings. The smallest absolute Gasteiger partial charge is 0.261 e. The van der Waals surface area contributed by atoms with Gasteiger partial charge in [-0.05, 0) is 24.3 Å². The summed E-state index contributed by atoms with van der Waals surface area (Å²) in [5.74, 6) is -1.11. The van der Waals surface area contributed by atoms with Gasteiger partial charge in [0.15, 0.2) is 0 Å². The molecule has 4 amide bonds. The van der Waals surface area contributed by atoms with Crippen molar-refractivity contribution >= 4 is 23.6 Å². The molecule has 0 atom stereocenters. The number of rotatable bonds is 25. The molecular weight excluding hydrogens is 746 g/mol. The highest BCUT2D eigenvalue weighted by Crippen LogP contribution is 2.21. The maximum atomic E-state index is 12.1. The van der Waals surface area contributed by atoms with Gasteiger partial charge in [-0.3, -0.25) is 29.4 Å². The molecule has 4 rings (SSSR count). The number of benzene rings is 2. The van der Waals surface area contributed by atoms with Crippen LogP contribution in [0.2, 0.25) is 0 Å². The van der Waals surface area contributed by atoms with Crippen LogP contribution in [0.25, 0.3) is 0 Å². The monoisotopic (exact) mass is 803 g/mol. The Bertz CT molecular complexity index is 1220. The van der Waals surface area contributed by atoms with Crippen LogP contribution in [0.5, 0.6) is 0 Å². The Morgan fingerprint density at radius 3 is 1.20 bits per heavy atom. The first-order chi connectivity index (χ1) is 26.4. The number of amides is 4. The molecule has 0 spiro atoms. The molecule has 0 saturated heterocycles. The van der Waals surface area contributed by atoms with Gasteiger partial charge in [0.25, 0.3) is 23.6 Å². The van der Waals surface area contributed by atoms with Gasteiger partial charge in [-0.15, -0.1) is 0 Å². The Hall–Kier alpha value is -3.43. The Morgan fingerprint density at radius 1 is 0.509 bits per heavy atom. The molecule has 0 radical (unpaired) electrons. The van der Waals surface area contributed by atoms with E-state index in [0.717, 1.165) is 6.54 Å². The Labute approximate surface area is 329 Å². The zero-order chi connectivity index (χ0) is 39.7. The van der Waals surface area contributed by atoms with Gasteiger partial charge in [0, 0.05) is 21.3 Å². The Morgan fingerprint density at radius 2 is 0.836 bits per heavy atom. The molecule has 2 aromatic rings. The van der Waals surface area contributed by atoms with E-state index < -0.39 is 0 Å². The van der Waals surface area contributed by atoms with E-state index in [-0.39, 0.29) is 49.2 Å². The minimum absolute atomic E-state index is 0. The van der Waals surface area contributed by atoms with Crippen LogP contribution in [0.4, 0.5) is 0 Å². The summed E-state index contributed by atoms with van der Waals surface area (Å²) in [6.07, 6.45) is 0. The molecule has 0 aromatic heterocycles. The molecule has 55 heavy (non-hydrogen) atoms. The molecule has 2 aliphatic heterocycles. The average Bonchev–Trinajstić information content (AvgIpc) is 3.62. The number of hydrogen-bond acceptors (Lipinski definition) is 14. The molecule has 312 valence electrons. The number of aliphatic hydroxyl groups excluding tert-OH is 1. The molecule has 0 saturated carbocycles. The Balaban J connectivity index is 0.000000742. The summed E-state index contributed by atoms with van der Waals surface area (Å²) in [6.45, 7) is 9.39. The largest absolute Gasteiger partial charge is 1.00 e. The van der Waals surface area contributed by atoms with E-state index >= 15 is 0 Å². The fourth-order valence-corrected chi connectivity index (χ4v) is 4.27. The third kappa shape index (κ3) is 22.7. The summed E-state index contributed by atoms with van der Waals surface area (Å²) in [7, 11) is 4.90. The number of nitrogens with zero attached hydrogens (tertiary/aromatic N) is 1. The van der Waals surface area contributed by atoms with Crippen LogP contribution in [0.3, 0.4) is 0 Å². The Kier molecular flexibility index (Phi) is 32.8. The first kappa shape index (κ1) is 51.6. The quantitative estimate of drug-likeness (QED) is 0.0679. The van der Waals surface area contributed by atoms with Crippen molar-refractivity contribution < 1.29 is 85.1 Å². The second-order valence-electron chi connectivity index (χ2n) is 10.9. The van der Waals surface area contributed by atoms with E-state index in [2.05, 4.69) is 11.1 Å². The summed E-state index contributed by atoms with van der Waals surface area (Å²) in [5.41, 5.74) is 5.51. The van der Waals surface area contributed by atoms with Crippen LogP contribution < -0.4 is 23.5 Å². The predicted molar refractivity (Wildman–Crippen MR) is 195 cm³/mol. The van der Waals surface area contributed by atoms with Crippen molar-refractivity contribution in [3.8, 4) is 0 Å². The van der Waals surface area contributed by atoms with Crippen molar-refractivity contribution in [3.05, 3.63) is 70.8 Å². The number of quaternary nitrogens is 1. The van der Waals surface area contributed by atoms with Crippen LogP contribution in [0, 0.1) is 0 Å². The second-order valence-corrected chi connectivity index (χ2v) is 10.9. The number of nitrogens with one attached hydrogen (secondary N) is 1. The topological polar surface area (TPSA) is 214 Å². The second kappa shape index (κ2) is 35.0. The number of aliphatic hydroxyl groups is 1. The van der Waals surface area contributed by atoms with Gasteiger partial charge in [-0.1, -0.05) is 24.3 Å². The molecule has 5 N–H and O–H groups in total. The molecule has 2 heterocycles. The number of ether oxygens (including phenoxy) is 9. The third-order valence-corrected chi connectivity index (χ3v) is 6.92. The van der Waals surface area contributed by atoms with E-state index in [0.29, 0.717) is 121 Å². The molecule has 0 bridgehead atoms. The number of carbonyl (C=O) groups is 4. The van der Waals surface area contributed by atoms with Gasteiger partial charge in [0.1, 0.15) is 0 Å². The highest BCUT2D eigenvalue weighted by atomic mass is 35.5. The van der Waals surface area contributed by atoms with Crippen LogP contribution in [0.15, 0.2) is 48.5 Å². The highest BCUT2D eigenvalue weighted by molar-refractivity contribution is 6.22. The molecule has 18 heteroatoms. The average molecular weight is 804 g/mol. The number of imide groups is 2. The number of hydrogen-bond donors (Lipinski definition) is 3. The van der Waals surface area contributed by atoms with Crippen LogP contribution >= 0.6 is 0 Å². The maximum Gasteiger partial charge on any atom is 0.261 e. The molecule has 2 aromatic carbocycles. The molecule has 0 unspecified atom stereocenters. The zero-order valence-corrected chi connectivity index (χ0v) is 32.9. The fraction of sp³-hybridized carbons (Fsp3) is 0.568. The summed E-state index contributed by atoms with van der Waals surface area (Å²) >= 11 is 0. The third-order valence-electron chi connectivity index (χ3n) is 6.92. The van der Waals surface area contributed by atoms with Crippen molar-refractivity contribution in [2.75, 3.05) is 140 Å². The first-order valence-electron chi connectivity index (χ1n) is 17.6. The number of methoxy groups -OCH3 is 3. The van der Waals surface area contributed by atoms with E-state index in [1.54, 1.807) is 69.9 Å². The molecule has 0 aliphatic carbocycles. The lowest BCUT2D eigenvalue weighted by Gasteiger charge is -2.13. The van der Waals surface area contributed by atoms with Gasteiger partial charge in [-0.25, -0.2) is 0 Å². The van der Waals surface area contributed by atoms with Crippen LogP contribution in [-0.4, -0.2) is 174 Å². The standard InChI is InChI=1S/C15H19NO5.C8H5NO2.C7H17NO3.C7H16O4.ClH/c1-19-8-9-21-11-10-20-7-6-16-14(17)12-4-2-3-5-13(12)15(16)18;10-7-5-3-1-2-4-6(5)8(11)9-7;2*1-9-4-5-11-7-6-10-3-2-8;/h2-5H,6-11H2,1H3;1-4H,(H,9,10,11);2-8H2,1H3;8H,2-7H2,1H3;1H. The number of fused-ring (bicyclic) bond motifs is 2. The summed E-state index contributed by atoms with van der Waals surface area (Å²) < 4.78 is 45.3. The van der Waals surface area contributed by atoms with Gasteiger partial charge in [0.2, 0.25) is 0 Å². The van der Waals surface area contributed by atoms with Crippen molar-refractivity contribution in [2.45, 2.75) is 0 Å². The van der Waals surface area contributed by atoms with Crippen molar-refractivity contribution in [3.63, 3.8) is 0 Å². The zero-order valence-electron chi connectivity index (χ0n) is 32.1. The predicted octanol–water partition coefficient (Wildman–Crippen LogP) is -2.90. The van der Waals surface area contributed by atoms with E-state index in [9.17, 15) is 19.2 Å². The SMILES string of the molecule is COCCOCCOCCN1C(=O)c2ccccc2C1=O.COCCOCCOCCO.COCCOCCOCC[NH3+].O=C1NC(=O)c2ccccc21.[Cl-]. The number of halogens is 1. The van der Waals surface area contributed by atoms with E-state index in [1.165, 1.54) is 4.90 Å². The van der Waals surface area contributed by atoms with Gasteiger partial charge in [0.05, 0.1) is 141 Å². The number of carbonyl (C=O) groups excluding carboxylic acids is 4. The van der Waals surface area contributed by atoms with Gasteiger partial charge in [-0.2, -0.15) is 0 Å². The summed E-state index contributed by atoms with van der Waals surface area (Å²) in [6, 6.07) is 13.6. The van der Waals surface area contributed by atoms with E-state index in [1.807, 2.05) is 0 Å². The minimum atomic E-state index is -0.300. The van der Waals surface area contributed by atoms with Crippen molar-refractivity contribution in [1.29, 1.82) is 0 Å². The lowest BCUT2D eigenvalue weighted by Crippen LogP contribution is -3.00. The highest BCUT2D eigenvalue weighted by Gasteiger charge is 2.34. The lowest BCUT2D eigenvalue weighted by molar-refractivity contribution is -0.374. The van der Waals surface area contributed by atoms with E-state index in [4.69, 9.17) is 47.7 Å². The molecule has 0 fully saturated rings. The van der Waals surface area contributed by atoms with Crippen molar-refractivity contribution in [1.82, 2.24) is 10.2 Å². The maximum absolute atomic E-state index is 12.1. The fourth-order valence-electron chi connectivity index (χ4n) is 4.27. The molecule has 17 nitrogen and oxygen atoms in total. The first-order valence-corrected chi connectivity index (χ1v) is 17.6. The normalized spacial score (nSPS) is 12.3. The van der Waals surface area contributed by atoms with Crippen LogP contribution in [0.1, 0.15) is 41.4 Å². The minimum Gasteiger partial charge on any atom is -1.00 e. The van der Waals surface area contributed by atoms with Crippen molar-refractivity contribution in [2.24, 2.45) is 0 Å². The molecular formula is C37H58ClN3O14. The van der Waals surface area contributed by atoms with Crippen LogP contribution in [-0.2, 0) is 42.6 Å².